The van der Waals surface area contributed by atoms with Crippen LogP contribution in [0.25, 0.3) is 0 Å². The predicted molar refractivity (Wildman–Crippen MR) is 70.7 cm³/mol. The Morgan fingerprint density at radius 2 is 2.17 bits per heavy atom. The maximum absolute atomic E-state index is 11.9. The molecule has 0 aromatic heterocycles. The second-order valence-electron chi connectivity index (χ2n) is 4.77. The van der Waals surface area contributed by atoms with Gasteiger partial charge in [0.05, 0.1) is 0 Å². The lowest BCUT2D eigenvalue weighted by molar-refractivity contribution is -0.127. The molecule has 18 heavy (non-hydrogen) atoms. The molecule has 0 bridgehead atoms. The van der Waals surface area contributed by atoms with Crippen molar-refractivity contribution in [1.29, 1.82) is 0 Å². The minimum atomic E-state index is -0.465. The van der Waals surface area contributed by atoms with Crippen molar-refractivity contribution in [2.24, 2.45) is 0 Å². The van der Waals surface area contributed by atoms with Gasteiger partial charge < -0.3 is 15.4 Å². The molecular weight excluding hydrogens is 228 g/mol. The summed E-state index contributed by atoms with van der Waals surface area (Å²) in [6.45, 7) is 5.62. The highest BCUT2D eigenvalue weighted by Gasteiger charge is 2.21. The summed E-state index contributed by atoms with van der Waals surface area (Å²) in [6, 6.07) is 7.95. The van der Waals surface area contributed by atoms with Crippen molar-refractivity contribution in [2.75, 3.05) is 13.1 Å². The van der Waals surface area contributed by atoms with E-state index in [1.165, 1.54) is 5.56 Å². The third-order valence-electron chi connectivity index (χ3n) is 3.11. The van der Waals surface area contributed by atoms with Gasteiger partial charge >= 0.3 is 0 Å². The number of amides is 1. The number of aryl methyl sites for hydroxylation is 1. The predicted octanol–water partition coefficient (Wildman–Crippen LogP) is 1.24. The van der Waals surface area contributed by atoms with E-state index in [0.29, 0.717) is 0 Å². The van der Waals surface area contributed by atoms with Gasteiger partial charge in [0, 0.05) is 12.6 Å². The van der Waals surface area contributed by atoms with Crippen LogP contribution >= 0.6 is 0 Å². The van der Waals surface area contributed by atoms with Crippen molar-refractivity contribution in [3.63, 3.8) is 0 Å². The van der Waals surface area contributed by atoms with Gasteiger partial charge in [-0.15, -0.1) is 0 Å². The molecule has 0 aliphatic carbocycles. The SMILES string of the molecule is Cc1ccc(OC(C)C(=O)NC2CCNC2)cc1. The van der Waals surface area contributed by atoms with Crippen molar-refractivity contribution in [3.05, 3.63) is 29.8 Å². The van der Waals surface area contributed by atoms with E-state index in [-0.39, 0.29) is 11.9 Å². The van der Waals surface area contributed by atoms with E-state index >= 15 is 0 Å². The fourth-order valence-corrected chi connectivity index (χ4v) is 1.97. The highest BCUT2D eigenvalue weighted by atomic mass is 16.5. The fraction of sp³-hybridized carbons (Fsp3) is 0.500. The Morgan fingerprint density at radius 3 is 2.78 bits per heavy atom. The summed E-state index contributed by atoms with van der Waals surface area (Å²) in [5, 5.41) is 6.20. The van der Waals surface area contributed by atoms with Gasteiger partial charge in [-0.3, -0.25) is 4.79 Å². The van der Waals surface area contributed by atoms with Crippen LogP contribution in [0.1, 0.15) is 18.9 Å². The first kappa shape index (κ1) is 12.9. The molecule has 1 heterocycles. The second-order valence-corrected chi connectivity index (χ2v) is 4.77. The van der Waals surface area contributed by atoms with Crippen LogP contribution in [-0.4, -0.2) is 31.1 Å². The molecule has 1 fully saturated rings. The first-order valence-corrected chi connectivity index (χ1v) is 6.39. The zero-order valence-electron chi connectivity index (χ0n) is 10.9. The number of carbonyl (C=O) groups is 1. The first-order chi connectivity index (χ1) is 8.65. The molecule has 1 amide bonds. The molecule has 0 saturated carbocycles. The van der Waals surface area contributed by atoms with E-state index in [0.717, 1.165) is 25.3 Å². The highest BCUT2D eigenvalue weighted by molar-refractivity contribution is 5.81. The van der Waals surface area contributed by atoms with Crippen molar-refractivity contribution in [1.82, 2.24) is 10.6 Å². The minimum Gasteiger partial charge on any atom is -0.481 e. The lowest BCUT2D eigenvalue weighted by Gasteiger charge is -2.17. The minimum absolute atomic E-state index is 0.0516. The van der Waals surface area contributed by atoms with Crippen LogP contribution in [0.3, 0.4) is 0 Å². The van der Waals surface area contributed by atoms with Gasteiger partial charge in [-0.05, 0) is 38.9 Å². The van der Waals surface area contributed by atoms with Crippen LogP contribution in [0.5, 0.6) is 5.75 Å². The molecule has 1 aliphatic rings. The number of rotatable bonds is 4. The third-order valence-corrected chi connectivity index (χ3v) is 3.11. The Hall–Kier alpha value is -1.55. The molecule has 1 saturated heterocycles. The fourth-order valence-electron chi connectivity index (χ4n) is 1.97. The molecule has 1 aromatic carbocycles. The monoisotopic (exact) mass is 248 g/mol. The highest BCUT2D eigenvalue weighted by Crippen LogP contribution is 2.13. The van der Waals surface area contributed by atoms with Gasteiger partial charge in [-0.25, -0.2) is 0 Å². The molecule has 4 nitrogen and oxygen atoms in total. The van der Waals surface area contributed by atoms with E-state index in [1.807, 2.05) is 31.2 Å². The maximum atomic E-state index is 11.9. The molecule has 0 radical (unpaired) electrons. The third kappa shape index (κ3) is 3.47. The summed E-state index contributed by atoms with van der Waals surface area (Å²) in [6.07, 6.45) is 0.525. The van der Waals surface area contributed by atoms with Crippen molar-refractivity contribution < 1.29 is 9.53 Å². The number of hydrogen-bond donors (Lipinski definition) is 2. The number of nitrogens with one attached hydrogen (secondary N) is 2. The standard InChI is InChI=1S/C14H20N2O2/c1-10-3-5-13(6-4-10)18-11(2)14(17)16-12-7-8-15-9-12/h3-6,11-12,15H,7-9H2,1-2H3,(H,16,17). The maximum Gasteiger partial charge on any atom is 0.261 e. The largest absolute Gasteiger partial charge is 0.481 e. The second kappa shape index (κ2) is 5.87. The molecule has 98 valence electrons. The Kier molecular flexibility index (Phi) is 4.20. The molecule has 2 unspecified atom stereocenters. The lowest BCUT2D eigenvalue weighted by atomic mass is 10.2. The molecule has 0 spiro atoms. The van der Waals surface area contributed by atoms with E-state index in [9.17, 15) is 4.79 Å². The van der Waals surface area contributed by atoms with E-state index in [1.54, 1.807) is 6.92 Å². The average Bonchev–Trinajstić information content (AvgIpc) is 2.85. The molecule has 2 rings (SSSR count). The number of hydrogen-bond acceptors (Lipinski definition) is 3. The van der Waals surface area contributed by atoms with Gasteiger partial charge in [0.1, 0.15) is 5.75 Å². The van der Waals surface area contributed by atoms with Crippen LogP contribution in [0.15, 0.2) is 24.3 Å². The van der Waals surface area contributed by atoms with Crippen molar-refractivity contribution >= 4 is 5.91 Å². The van der Waals surface area contributed by atoms with Crippen LogP contribution in [-0.2, 0) is 4.79 Å². The number of ether oxygens (including phenoxy) is 1. The Balaban J connectivity index is 1.84. The summed E-state index contributed by atoms with van der Waals surface area (Å²) >= 11 is 0. The lowest BCUT2D eigenvalue weighted by Crippen LogP contribution is -2.43. The summed E-state index contributed by atoms with van der Waals surface area (Å²) in [5.74, 6) is 0.678. The molecule has 1 aliphatic heterocycles. The van der Waals surface area contributed by atoms with E-state index < -0.39 is 6.10 Å². The quantitative estimate of drug-likeness (QED) is 0.843. The van der Waals surface area contributed by atoms with Gasteiger partial charge in [0.2, 0.25) is 0 Å². The van der Waals surface area contributed by atoms with Crippen LogP contribution in [0.2, 0.25) is 0 Å². The molecule has 1 aromatic rings. The van der Waals surface area contributed by atoms with Gasteiger partial charge in [0.15, 0.2) is 6.10 Å². The van der Waals surface area contributed by atoms with Crippen molar-refractivity contribution in [2.45, 2.75) is 32.4 Å². The molecule has 2 atom stereocenters. The normalized spacial score (nSPS) is 20.4. The summed E-state index contributed by atoms with van der Waals surface area (Å²) in [5.41, 5.74) is 1.18. The number of benzene rings is 1. The number of carbonyl (C=O) groups excluding carboxylic acids is 1. The van der Waals surface area contributed by atoms with Crippen LogP contribution in [0.4, 0.5) is 0 Å². The average molecular weight is 248 g/mol. The Morgan fingerprint density at radius 1 is 1.44 bits per heavy atom. The zero-order valence-corrected chi connectivity index (χ0v) is 10.9. The van der Waals surface area contributed by atoms with E-state index in [2.05, 4.69) is 10.6 Å². The van der Waals surface area contributed by atoms with Crippen LogP contribution in [0, 0.1) is 6.92 Å². The van der Waals surface area contributed by atoms with Crippen LogP contribution < -0.4 is 15.4 Å². The van der Waals surface area contributed by atoms with Gasteiger partial charge in [0.25, 0.3) is 5.91 Å². The molecular formula is C14H20N2O2. The van der Waals surface area contributed by atoms with E-state index in [4.69, 9.17) is 4.74 Å². The van der Waals surface area contributed by atoms with Crippen molar-refractivity contribution in [3.8, 4) is 5.75 Å². The van der Waals surface area contributed by atoms with Gasteiger partial charge in [-0.1, -0.05) is 17.7 Å². The summed E-state index contributed by atoms with van der Waals surface area (Å²) < 4.78 is 5.61. The molecule has 2 N–H and O–H groups in total. The zero-order chi connectivity index (χ0) is 13.0. The van der Waals surface area contributed by atoms with Gasteiger partial charge in [-0.2, -0.15) is 0 Å². The Bertz CT molecular complexity index is 397. The molecule has 4 heteroatoms. The smallest absolute Gasteiger partial charge is 0.261 e. The Labute approximate surface area is 108 Å². The summed E-state index contributed by atoms with van der Waals surface area (Å²) in [7, 11) is 0. The topological polar surface area (TPSA) is 50.4 Å². The summed E-state index contributed by atoms with van der Waals surface area (Å²) in [4.78, 5) is 11.9. The first-order valence-electron chi connectivity index (χ1n) is 6.39.